The molecule has 0 spiro atoms. The zero-order valence-corrected chi connectivity index (χ0v) is 15.0. The highest BCUT2D eigenvalue weighted by Crippen LogP contribution is 2.26. The molecule has 0 saturated heterocycles. The van der Waals surface area contributed by atoms with Gasteiger partial charge >= 0.3 is 0 Å². The number of carbonyl (C=O) groups is 1. The summed E-state index contributed by atoms with van der Waals surface area (Å²) in [4.78, 5) is 12.6. The number of anilines is 1. The summed E-state index contributed by atoms with van der Waals surface area (Å²) in [6, 6.07) is 11.6. The van der Waals surface area contributed by atoms with Crippen LogP contribution in [0.3, 0.4) is 0 Å². The second-order valence-corrected chi connectivity index (χ2v) is 6.03. The lowest BCUT2D eigenvalue weighted by molar-refractivity contribution is -0.122. The number of hydrogen-bond acceptors (Lipinski definition) is 3. The van der Waals surface area contributed by atoms with Gasteiger partial charge in [-0.2, -0.15) is 0 Å². The van der Waals surface area contributed by atoms with Gasteiger partial charge in [-0.15, -0.1) is 0 Å². The van der Waals surface area contributed by atoms with E-state index in [1.165, 1.54) is 0 Å². The van der Waals surface area contributed by atoms with Crippen LogP contribution >= 0.6 is 0 Å². The molecule has 2 aromatic rings. The Bertz CT molecular complexity index is 705. The number of aryl methyl sites for hydroxylation is 3. The Morgan fingerprint density at radius 2 is 1.71 bits per heavy atom. The second-order valence-electron chi connectivity index (χ2n) is 6.03. The van der Waals surface area contributed by atoms with Crippen LogP contribution in [0.1, 0.15) is 30.0 Å². The minimum absolute atomic E-state index is 0.180. The van der Waals surface area contributed by atoms with Gasteiger partial charge in [0.05, 0.1) is 12.8 Å². The minimum Gasteiger partial charge on any atom is -0.495 e. The Hall–Kier alpha value is -2.49. The van der Waals surface area contributed by atoms with Crippen molar-refractivity contribution in [1.82, 2.24) is 0 Å². The molecule has 0 bridgehead atoms. The van der Waals surface area contributed by atoms with Crippen LogP contribution < -0.4 is 14.8 Å². The van der Waals surface area contributed by atoms with Crippen LogP contribution in [0.15, 0.2) is 36.4 Å². The average molecular weight is 327 g/mol. The average Bonchev–Trinajstić information content (AvgIpc) is 2.51. The largest absolute Gasteiger partial charge is 0.495 e. The standard InChI is InChI=1S/C20H25NO3/c1-6-18(24-16-10-14(3)9-15(4)11-16)20(22)21-17-12-13(2)7-8-19(17)23-5/h7-12,18H,6H2,1-5H3,(H,21,22)/t18-/m1/s1. The van der Waals surface area contributed by atoms with E-state index < -0.39 is 6.10 Å². The fraction of sp³-hybridized carbons (Fsp3) is 0.350. The van der Waals surface area contributed by atoms with Crippen LogP contribution in [0.25, 0.3) is 0 Å². The number of carbonyl (C=O) groups excluding carboxylic acids is 1. The first-order chi connectivity index (χ1) is 11.4. The van der Waals surface area contributed by atoms with E-state index in [0.29, 0.717) is 23.6 Å². The number of rotatable bonds is 6. The van der Waals surface area contributed by atoms with Gasteiger partial charge < -0.3 is 14.8 Å². The predicted molar refractivity (Wildman–Crippen MR) is 97.0 cm³/mol. The van der Waals surface area contributed by atoms with Crippen molar-refractivity contribution in [3.8, 4) is 11.5 Å². The Labute approximate surface area is 143 Å². The van der Waals surface area contributed by atoms with E-state index in [1.807, 2.05) is 58.0 Å². The Morgan fingerprint density at radius 3 is 2.29 bits per heavy atom. The van der Waals surface area contributed by atoms with E-state index in [1.54, 1.807) is 7.11 Å². The van der Waals surface area contributed by atoms with Gasteiger partial charge in [-0.3, -0.25) is 4.79 Å². The molecule has 0 saturated carbocycles. The molecular formula is C20H25NO3. The van der Waals surface area contributed by atoms with Crippen LogP contribution in [-0.4, -0.2) is 19.1 Å². The third-order valence-corrected chi connectivity index (χ3v) is 3.75. The van der Waals surface area contributed by atoms with E-state index in [0.717, 1.165) is 16.7 Å². The molecule has 0 fully saturated rings. The zero-order valence-electron chi connectivity index (χ0n) is 15.0. The Balaban J connectivity index is 2.15. The maximum Gasteiger partial charge on any atom is 0.265 e. The molecule has 4 nitrogen and oxygen atoms in total. The maximum atomic E-state index is 12.6. The summed E-state index contributed by atoms with van der Waals surface area (Å²) in [5.74, 6) is 1.17. The van der Waals surface area contributed by atoms with E-state index in [4.69, 9.17) is 9.47 Å². The van der Waals surface area contributed by atoms with Crippen LogP contribution in [0, 0.1) is 20.8 Å². The lowest BCUT2D eigenvalue weighted by atomic mass is 10.1. The predicted octanol–water partition coefficient (Wildman–Crippen LogP) is 4.42. The quantitative estimate of drug-likeness (QED) is 0.854. The minimum atomic E-state index is -0.559. The smallest absolute Gasteiger partial charge is 0.265 e. The van der Waals surface area contributed by atoms with Crippen molar-refractivity contribution in [3.05, 3.63) is 53.1 Å². The number of benzene rings is 2. The molecule has 128 valence electrons. The molecule has 1 N–H and O–H groups in total. The third kappa shape index (κ3) is 4.51. The Kier molecular flexibility index (Phi) is 5.85. The third-order valence-electron chi connectivity index (χ3n) is 3.75. The molecule has 0 aromatic heterocycles. The number of nitrogens with one attached hydrogen (secondary N) is 1. The normalized spacial score (nSPS) is 11.7. The van der Waals surface area contributed by atoms with E-state index in [-0.39, 0.29) is 5.91 Å². The fourth-order valence-corrected chi connectivity index (χ4v) is 2.62. The molecule has 0 aliphatic carbocycles. The lowest BCUT2D eigenvalue weighted by Crippen LogP contribution is -2.32. The summed E-state index contributed by atoms with van der Waals surface area (Å²) in [6.07, 6.45) is 0.0175. The number of ether oxygens (including phenoxy) is 2. The number of hydrogen-bond donors (Lipinski definition) is 1. The van der Waals surface area contributed by atoms with Gasteiger partial charge in [0.15, 0.2) is 6.10 Å². The Morgan fingerprint density at radius 1 is 1.04 bits per heavy atom. The van der Waals surface area contributed by atoms with Crippen LogP contribution in [0.5, 0.6) is 11.5 Å². The van der Waals surface area contributed by atoms with Gasteiger partial charge in [0, 0.05) is 0 Å². The number of amides is 1. The highest BCUT2D eigenvalue weighted by Gasteiger charge is 2.20. The monoisotopic (exact) mass is 327 g/mol. The van der Waals surface area contributed by atoms with Gasteiger partial charge in [-0.05, 0) is 68.1 Å². The van der Waals surface area contributed by atoms with Gasteiger partial charge in [0.1, 0.15) is 11.5 Å². The molecule has 2 aromatic carbocycles. The first-order valence-corrected chi connectivity index (χ1v) is 8.13. The molecule has 0 aliphatic heterocycles. The summed E-state index contributed by atoms with van der Waals surface area (Å²) in [5.41, 5.74) is 3.93. The highest BCUT2D eigenvalue weighted by atomic mass is 16.5. The molecule has 0 unspecified atom stereocenters. The lowest BCUT2D eigenvalue weighted by Gasteiger charge is -2.19. The van der Waals surface area contributed by atoms with Crippen molar-refractivity contribution in [2.24, 2.45) is 0 Å². The van der Waals surface area contributed by atoms with E-state index >= 15 is 0 Å². The fourth-order valence-electron chi connectivity index (χ4n) is 2.62. The van der Waals surface area contributed by atoms with Crippen LogP contribution in [0.2, 0.25) is 0 Å². The molecular weight excluding hydrogens is 302 g/mol. The van der Waals surface area contributed by atoms with Crippen molar-refractivity contribution in [3.63, 3.8) is 0 Å². The molecule has 1 atom stereocenters. The van der Waals surface area contributed by atoms with Crippen molar-refractivity contribution in [1.29, 1.82) is 0 Å². The second kappa shape index (κ2) is 7.86. The summed E-state index contributed by atoms with van der Waals surface area (Å²) in [6.45, 7) is 7.93. The highest BCUT2D eigenvalue weighted by molar-refractivity contribution is 5.95. The molecule has 4 heteroatoms. The van der Waals surface area contributed by atoms with Gasteiger partial charge in [-0.1, -0.05) is 19.1 Å². The van der Waals surface area contributed by atoms with Gasteiger partial charge in [0.25, 0.3) is 5.91 Å². The van der Waals surface area contributed by atoms with Crippen LogP contribution in [0.4, 0.5) is 5.69 Å². The molecule has 0 heterocycles. The van der Waals surface area contributed by atoms with E-state index in [2.05, 4.69) is 11.4 Å². The molecule has 0 radical (unpaired) electrons. The molecule has 1 amide bonds. The van der Waals surface area contributed by atoms with Crippen molar-refractivity contribution in [2.45, 2.75) is 40.2 Å². The summed E-state index contributed by atoms with van der Waals surface area (Å²) >= 11 is 0. The molecule has 24 heavy (non-hydrogen) atoms. The summed E-state index contributed by atoms with van der Waals surface area (Å²) in [5, 5.41) is 2.91. The van der Waals surface area contributed by atoms with Crippen molar-refractivity contribution < 1.29 is 14.3 Å². The molecule has 0 aliphatic rings. The SMILES string of the molecule is CC[C@@H](Oc1cc(C)cc(C)c1)C(=O)Nc1cc(C)ccc1OC. The van der Waals surface area contributed by atoms with E-state index in [9.17, 15) is 4.79 Å². The topological polar surface area (TPSA) is 47.6 Å². The zero-order chi connectivity index (χ0) is 17.7. The first-order valence-electron chi connectivity index (χ1n) is 8.13. The number of methoxy groups -OCH3 is 1. The molecule has 2 rings (SSSR count). The van der Waals surface area contributed by atoms with Crippen molar-refractivity contribution >= 4 is 11.6 Å². The van der Waals surface area contributed by atoms with Gasteiger partial charge in [0.2, 0.25) is 0 Å². The van der Waals surface area contributed by atoms with Crippen molar-refractivity contribution in [2.75, 3.05) is 12.4 Å². The maximum absolute atomic E-state index is 12.6. The van der Waals surface area contributed by atoms with Crippen LogP contribution in [-0.2, 0) is 4.79 Å². The summed E-state index contributed by atoms with van der Waals surface area (Å²) in [7, 11) is 1.59. The summed E-state index contributed by atoms with van der Waals surface area (Å²) < 4.78 is 11.2. The first kappa shape index (κ1) is 17.9. The van der Waals surface area contributed by atoms with Gasteiger partial charge in [-0.25, -0.2) is 0 Å².